The van der Waals surface area contributed by atoms with Crippen LogP contribution in [0.15, 0.2) is 24.3 Å². The fourth-order valence-electron chi connectivity index (χ4n) is 2.54. The van der Waals surface area contributed by atoms with Gasteiger partial charge in [-0.05, 0) is 31.2 Å². The Hall–Kier alpha value is -1.66. The topological polar surface area (TPSA) is 15.7 Å². The summed E-state index contributed by atoms with van der Waals surface area (Å²) >= 11 is 0. The van der Waals surface area contributed by atoms with Gasteiger partial charge < -0.3 is 9.64 Å². The molecule has 3 nitrogen and oxygen atoms in total. The smallest absolute Gasteiger partial charge is 0.119 e. The van der Waals surface area contributed by atoms with Crippen molar-refractivity contribution < 1.29 is 4.74 Å². The highest BCUT2D eigenvalue weighted by atomic mass is 16.5. The molecule has 0 radical (unpaired) electrons. The predicted octanol–water partition coefficient (Wildman–Crippen LogP) is 2.62. The van der Waals surface area contributed by atoms with E-state index in [9.17, 15) is 0 Å². The molecule has 108 valence electrons. The number of methoxy groups -OCH3 is 1. The molecule has 0 amide bonds. The van der Waals surface area contributed by atoms with E-state index in [0.29, 0.717) is 6.04 Å². The van der Waals surface area contributed by atoms with Crippen LogP contribution < -0.4 is 9.64 Å². The second-order valence-corrected chi connectivity index (χ2v) is 5.17. The minimum Gasteiger partial charge on any atom is -0.497 e. The number of nitrogens with zero attached hydrogens (tertiary/aromatic N) is 2. The molecule has 1 aliphatic rings. The Morgan fingerprint density at radius 1 is 1.20 bits per heavy atom. The quantitative estimate of drug-likeness (QED) is 0.787. The van der Waals surface area contributed by atoms with Crippen molar-refractivity contribution in [1.82, 2.24) is 4.90 Å². The molecule has 1 heterocycles. The fraction of sp³-hybridized carbons (Fsp3) is 0.529. The van der Waals surface area contributed by atoms with Gasteiger partial charge in [0.2, 0.25) is 0 Å². The lowest BCUT2D eigenvalue weighted by Crippen LogP contribution is -2.52. The van der Waals surface area contributed by atoms with Crippen LogP contribution in [-0.4, -0.2) is 44.2 Å². The van der Waals surface area contributed by atoms with Crippen LogP contribution in [-0.2, 0) is 0 Å². The lowest BCUT2D eigenvalue weighted by Gasteiger charge is -2.40. The van der Waals surface area contributed by atoms with Crippen LogP contribution in [0.2, 0.25) is 0 Å². The first-order valence-corrected chi connectivity index (χ1v) is 7.33. The Morgan fingerprint density at radius 2 is 1.95 bits per heavy atom. The van der Waals surface area contributed by atoms with Crippen LogP contribution in [0.1, 0.15) is 20.3 Å². The van der Waals surface area contributed by atoms with Crippen molar-refractivity contribution in [3.05, 3.63) is 24.3 Å². The van der Waals surface area contributed by atoms with Gasteiger partial charge >= 0.3 is 0 Å². The maximum atomic E-state index is 5.21. The lowest BCUT2D eigenvalue weighted by molar-refractivity contribution is 0.213. The maximum Gasteiger partial charge on any atom is 0.119 e. The summed E-state index contributed by atoms with van der Waals surface area (Å²) in [5.41, 5.74) is 1.27. The molecule has 1 saturated heterocycles. The Bertz CT molecular complexity index is 472. The summed E-state index contributed by atoms with van der Waals surface area (Å²) in [5, 5.41) is 0. The number of hydrogen-bond donors (Lipinski definition) is 0. The zero-order valence-corrected chi connectivity index (χ0v) is 12.7. The van der Waals surface area contributed by atoms with E-state index >= 15 is 0 Å². The van der Waals surface area contributed by atoms with Gasteiger partial charge in [-0.2, -0.15) is 0 Å². The Labute approximate surface area is 122 Å². The van der Waals surface area contributed by atoms with Crippen molar-refractivity contribution in [2.45, 2.75) is 26.3 Å². The van der Waals surface area contributed by atoms with E-state index < -0.39 is 0 Å². The summed E-state index contributed by atoms with van der Waals surface area (Å²) in [6, 6.07) is 8.87. The number of piperazine rings is 1. The number of benzene rings is 1. The Balaban J connectivity index is 1.93. The molecule has 1 aromatic rings. The highest BCUT2D eigenvalue weighted by Gasteiger charge is 2.22. The molecule has 1 aromatic carbocycles. The number of ether oxygens (including phenoxy) is 1. The van der Waals surface area contributed by atoms with Crippen molar-refractivity contribution >= 4 is 5.69 Å². The van der Waals surface area contributed by atoms with E-state index in [1.807, 2.05) is 12.1 Å². The molecule has 1 fully saturated rings. The molecule has 0 unspecified atom stereocenters. The van der Waals surface area contributed by atoms with Gasteiger partial charge in [0.15, 0.2) is 0 Å². The van der Waals surface area contributed by atoms with Gasteiger partial charge in [-0.1, -0.05) is 12.8 Å². The van der Waals surface area contributed by atoms with Crippen molar-refractivity contribution in [3.8, 4) is 17.6 Å². The number of hydrogen-bond acceptors (Lipinski definition) is 3. The van der Waals surface area contributed by atoms with Gasteiger partial charge in [0.25, 0.3) is 0 Å². The van der Waals surface area contributed by atoms with Crippen LogP contribution >= 0.6 is 0 Å². The molecule has 2 rings (SSSR count). The van der Waals surface area contributed by atoms with E-state index in [0.717, 1.165) is 38.3 Å². The highest BCUT2D eigenvalue weighted by Crippen LogP contribution is 2.22. The zero-order chi connectivity index (χ0) is 14.4. The molecular weight excluding hydrogens is 248 g/mol. The highest BCUT2D eigenvalue weighted by molar-refractivity contribution is 5.49. The van der Waals surface area contributed by atoms with Crippen molar-refractivity contribution in [3.63, 3.8) is 0 Å². The van der Waals surface area contributed by atoms with E-state index in [2.05, 4.69) is 47.6 Å². The van der Waals surface area contributed by atoms with Crippen LogP contribution in [0.3, 0.4) is 0 Å². The summed E-state index contributed by atoms with van der Waals surface area (Å²) in [4.78, 5) is 4.90. The third-order valence-electron chi connectivity index (χ3n) is 3.79. The molecule has 20 heavy (non-hydrogen) atoms. The van der Waals surface area contributed by atoms with Gasteiger partial charge in [-0.25, -0.2) is 0 Å². The van der Waals surface area contributed by atoms with Gasteiger partial charge in [-0.3, -0.25) is 4.90 Å². The normalized spacial score (nSPS) is 19.4. The largest absolute Gasteiger partial charge is 0.497 e. The van der Waals surface area contributed by atoms with E-state index in [1.54, 1.807) is 7.11 Å². The van der Waals surface area contributed by atoms with Crippen molar-refractivity contribution in [2.24, 2.45) is 0 Å². The average Bonchev–Trinajstić information content (AvgIpc) is 2.49. The van der Waals surface area contributed by atoms with Gasteiger partial charge in [0, 0.05) is 37.8 Å². The zero-order valence-electron chi connectivity index (χ0n) is 12.7. The van der Waals surface area contributed by atoms with E-state index in [-0.39, 0.29) is 0 Å². The molecule has 3 heteroatoms. The SMILES string of the molecule is CCC#CCN1CCN(c2ccc(OC)cc2)C[C@@H]1C. The first-order valence-electron chi connectivity index (χ1n) is 7.33. The molecule has 0 N–H and O–H groups in total. The molecule has 0 aromatic heterocycles. The molecule has 0 spiro atoms. The second-order valence-electron chi connectivity index (χ2n) is 5.17. The first kappa shape index (κ1) is 14.7. The average molecular weight is 272 g/mol. The standard InChI is InChI=1S/C17H24N2O/c1-4-5-6-11-18-12-13-19(14-15(18)2)16-7-9-17(20-3)10-8-16/h7-10,15H,4,11-14H2,1-3H3/t15-/m0/s1. The van der Waals surface area contributed by atoms with Crippen molar-refractivity contribution in [1.29, 1.82) is 0 Å². The van der Waals surface area contributed by atoms with Crippen LogP contribution in [0.25, 0.3) is 0 Å². The first-order chi connectivity index (χ1) is 9.74. The number of rotatable bonds is 3. The fourth-order valence-corrected chi connectivity index (χ4v) is 2.54. The van der Waals surface area contributed by atoms with Crippen LogP contribution in [0.4, 0.5) is 5.69 Å². The molecule has 0 bridgehead atoms. The molecule has 1 atom stereocenters. The van der Waals surface area contributed by atoms with Crippen LogP contribution in [0, 0.1) is 11.8 Å². The molecule has 1 aliphatic heterocycles. The predicted molar refractivity (Wildman–Crippen MR) is 84.3 cm³/mol. The third-order valence-corrected chi connectivity index (χ3v) is 3.79. The molecule has 0 aliphatic carbocycles. The van der Waals surface area contributed by atoms with E-state index in [4.69, 9.17) is 4.74 Å². The molecule has 0 saturated carbocycles. The Kier molecular flexibility index (Phi) is 5.31. The Morgan fingerprint density at radius 3 is 2.55 bits per heavy atom. The van der Waals surface area contributed by atoms with Gasteiger partial charge in [-0.15, -0.1) is 5.92 Å². The summed E-state index contributed by atoms with van der Waals surface area (Å²) in [6.07, 6.45) is 0.945. The maximum absolute atomic E-state index is 5.21. The molecular formula is C17H24N2O. The summed E-state index contributed by atoms with van der Waals surface area (Å²) in [6.45, 7) is 8.46. The van der Waals surface area contributed by atoms with Gasteiger partial charge in [0.05, 0.1) is 13.7 Å². The summed E-state index contributed by atoms with van der Waals surface area (Å²) < 4.78 is 5.21. The minimum absolute atomic E-state index is 0.539. The monoisotopic (exact) mass is 272 g/mol. The number of anilines is 1. The van der Waals surface area contributed by atoms with Crippen LogP contribution in [0.5, 0.6) is 5.75 Å². The van der Waals surface area contributed by atoms with E-state index in [1.165, 1.54) is 5.69 Å². The van der Waals surface area contributed by atoms with Crippen molar-refractivity contribution in [2.75, 3.05) is 38.2 Å². The summed E-state index contributed by atoms with van der Waals surface area (Å²) in [7, 11) is 1.70. The second kappa shape index (κ2) is 7.21. The third kappa shape index (κ3) is 3.68. The lowest BCUT2D eigenvalue weighted by atomic mass is 10.1. The summed E-state index contributed by atoms with van der Waals surface area (Å²) in [5.74, 6) is 7.31. The minimum atomic E-state index is 0.539. The van der Waals surface area contributed by atoms with Gasteiger partial charge in [0.1, 0.15) is 5.75 Å².